The number of hydrogen-bond acceptors (Lipinski definition) is 5. The number of aryl methyl sites for hydroxylation is 2. The second-order valence-corrected chi connectivity index (χ2v) is 4.80. The molecule has 0 aromatic carbocycles. The van der Waals surface area contributed by atoms with E-state index in [-0.39, 0.29) is 11.4 Å². The smallest absolute Gasteiger partial charge is 0.216 e. The van der Waals surface area contributed by atoms with Crippen LogP contribution in [-0.2, 0) is 0 Å². The van der Waals surface area contributed by atoms with Gasteiger partial charge in [0.25, 0.3) is 0 Å². The van der Waals surface area contributed by atoms with Crippen molar-refractivity contribution < 1.29 is 4.79 Å². The molecule has 84 valence electrons. The zero-order valence-electron chi connectivity index (χ0n) is 9.74. The Labute approximate surface area is 98.8 Å². The topological polar surface area (TPSA) is 57.0 Å². The highest BCUT2D eigenvalue weighted by molar-refractivity contribution is 7.14. The molecule has 0 unspecified atom stereocenters. The van der Waals surface area contributed by atoms with Crippen molar-refractivity contribution in [2.75, 3.05) is 14.1 Å². The van der Waals surface area contributed by atoms with Gasteiger partial charge in [0.05, 0.1) is 15.6 Å². The van der Waals surface area contributed by atoms with Crippen LogP contribution in [0.4, 0.5) is 0 Å². The third-order valence-corrected chi connectivity index (χ3v) is 2.93. The Bertz CT molecular complexity index is 480. The molecule has 0 saturated carbocycles. The summed E-state index contributed by atoms with van der Waals surface area (Å²) < 4.78 is 0. The van der Waals surface area contributed by atoms with Crippen LogP contribution >= 0.6 is 11.3 Å². The lowest BCUT2D eigenvalue weighted by Gasteiger charge is -2.05. The van der Waals surface area contributed by atoms with Crippen LogP contribution in [0.5, 0.6) is 0 Å². The molecule has 0 aliphatic rings. The normalized spacial score (nSPS) is 11.1. The van der Waals surface area contributed by atoms with Crippen LogP contribution in [-0.4, -0.2) is 29.8 Å². The van der Waals surface area contributed by atoms with E-state index in [9.17, 15) is 4.79 Å². The van der Waals surface area contributed by atoms with Gasteiger partial charge in [-0.05, 0) is 13.8 Å². The van der Waals surface area contributed by atoms with Crippen LogP contribution in [0, 0.1) is 25.2 Å². The fourth-order valence-electron chi connectivity index (χ4n) is 1.26. The molecule has 0 amide bonds. The maximum absolute atomic E-state index is 12.0. The average molecular weight is 235 g/mol. The largest absolute Gasteiger partial charge is 0.382 e. The first kappa shape index (κ1) is 12.4. The molecule has 1 rings (SSSR count). The predicted octanol–water partition coefficient (Wildman–Crippen LogP) is 1.91. The monoisotopic (exact) mass is 235 g/mol. The van der Waals surface area contributed by atoms with Crippen molar-refractivity contribution in [3.8, 4) is 6.07 Å². The molecule has 0 radical (unpaired) electrons. The zero-order valence-corrected chi connectivity index (χ0v) is 10.6. The molecule has 1 aromatic rings. The summed E-state index contributed by atoms with van der Waals surface area (Å²) in [5.41, 5.74) is 0.823. The number of aromatic nitrogens is 1. The summed E-state index contributed by atoms with van der Waals surface area (Å²) in [4.78, 5) is 18.4. The Morgan fingerprint density at radius 1 is 1.50 bits per heavy atom. The number of ketones is 1. The number of allylic oxidation sites excluding steroid dienone is 1. The highest BCUT2D eigenvalue weighted by Crippen LogP contribution is 2.20. The number of nitriles is 1. The first-order valence-electron chi connectivity index (χ1n) is 4.72. The van der Waals surface area contributed by atoms with Gasteiger partial charge in [-0.2, -0.15) is 5.26 Å². The molecule has 4 nitrogen and oxygen atoms in total. The molecule has 0 aliphatic heterocycles. The van der Waals surface area contributed by atoms with Gasteiger partial charge in [0.15, 0.2) is 0 Å². The van der Waals surface area contributed by atoms with Crippen molar-refractivity contribution in [1.29, 1.82) is 5.26 Å². The molecule has 1 heterocycles. The minimum atomic E-state index is -0.251. The van der Waals surface area contributed by atoms with E-state index >= 15 is 0 Å². The maximum atomic E-state index is 12.0. The highest BCUT2D eigenvalue weighted by Gasteiger charge is 2.18. The highest BCUT2D eigenvalue weighted by atomic mass is 32.1. The maximum Gasteiger partial charge on any atom is 0.216 e. The van der Waals surface area contributed by atoms with Crippen LogP contribution < -0.4 is 0 Å². The van der Waals surface area contributed by atoms with E-state index in [2.05, 4.69) is 4.98 Å². The molecule has 1 aromatic heterocycles. The van der Waals surface area contributed by atoms with Gasteiger partial charge in [0, 0.05) is 20.3 Å². The van der Waals surface area contributed by atoms with Gasteiger partial charge < -0.3 is 4.90 Å². The van der Waals surface area contributed by atoms with E-state index < -0.39 is 0 Å². The molecular weight excluding hydrogens is 222 g/mol. The lowest BCUT2D eigenvalue weighted by atomic mass is 10.1. The summed E-state index contributed by atoms with van der Waals surface area (Å²) in [6, 6.07) is 1.92. The van der Waals surface area contributed by atoms with Gasteiger partial charge in [0.1, 0.15) is 11.6 Å². The first-order chi connectivity index (χ1) is 7.45. The third-order valence-electron chi connectivity index (χ3n) is 1.86. The minimum absolute atomic E-state index is 0.136. The summed E-state index contributed by atoms with van der Waals surface area (Å²) in [6.45, 7) is 3.62. The number of carbonyl (C=O) groups is 1. The molecule has 16 heavy (non-hydrogen) atoms. The van der Waals surface area contributed by atoms with Crippen molar-refractivity contribution in [1.82, 2.24) is 9.88 Å². The van der Waals surface area contributed by atoms with E-state index in [0.29, 0.717) is 10.6 Å². The Kier molecular flexibility index (Phi) is 3.80. The van der Waals surface area contributed by atoms with Gasteiger partial charge in [-0.15, -0.1) is 11.3 Å². The lowest BCUT2D eigenvalue weighted by Crippen LogP contribution is -2.08. The molecule has 0 atom stereocenters. The van der Waals surface area contributed by atoms with Crippen molar-refractivity contribution in [2.24, 2.45) is 0 Å². The first-order valence-corrected chi connectivity index (χ1v) is 5.54. The summed E-state index contributed by atoms with van der Waals surface area (Å²) in [6.07, 6.45) is 1.52. The Morgan fingerprint density at radius 2 is 2.12 bits per heavy atom. The molecule has 0 fully saturated rings. The molecule has 0 bridgehead atoms. The minimum Gasteiger partial charge on any atom is -0.382 e. The molecule has 0 N–H and O–H groups in total. The van der Waals surface area contributed by atoms with Gasteiger partial charge in [0.2, 0.25) is 5.78 Å². The quantitative estimate of drug-likeness (QED) is 0.456. The summed E-state index contributed by atoms with van der Waals surface area (Å²) in [5.74, 6) is -0.251. The fraction of sp³-hybridized carbons (Fsp3) is 0.364. The van der Waals surface area contributed by atoms with Crippen LogP contribution in [0.25, 0.3) is 0 Å². The van der Waals surface area contributed by atoms with Crippen molar-refractivity contribution in [2.45, 2.75) is 13.8 Å². The lowest BCUT2D eigenvalue weighted by molar-refractivity contribution is 0.104. The Morgan fingerprint density at radius 3 is 2.50 bits per heavy atom. The molecule has 0 saturated heterocycles. The second-order valence-electron chi connectivity index (χ2n) is 3.59. The Balaban J connectivity index is 3.11. The fourth-order valence-corrected chi connectivity index (χ4v) is 2.13. The van der Waals surface area contributed by atoms with Crippen molar-refractivity contribution in [3.63, 3.8) is 0 Å². The van der Waals surface area contributed by atoms with Crippen LogP contribution in [0.2, 0.25) is 0 Å². The number of thiazole rings is 1. The number of rotatable bonds is 3. The summed E-state index contributed by atoms with van der Waals surface area (Å²) >= 11 is 1.32. The van der Waals surface area contributed by atoms with E-state index in [1.54, 1.807) is 25.9 Å². The molecule has 0 spiro atoms. The SMILES string of the molecule is Cc1nc(C)c(C(=O)C(C#N)=CN(C)C)s1. The number of carbonyl (C=O) groups excluding carboxylic acids is 1. The van der Waals surface area contributed by atoms with E-state index in [4.69, 9.17) is 5.26 Å². The van der Waals surface area contributed by atoms with Crippen molar-refractivity contribution >= 4 is 17.1 Å². The summed E-state index contributed by atoms with van der Waals surface area (Å²) in [5, 5.41) is 9.76. The van der Waals surface area contributed by atoms with Crippen LogP contribution in [0.3, 0.4) is 0 Å². The van der Waals surface area contributed by atoms with Gasteiger partial charge in [-0.3, -0.25) is 4.79 Å². The number of hydrogen-bond donors (Lipinski definition) is 0. The van der Waals surface area contributed by atoms with Gasteiger partial charge in [-0.1, -0.05) is 0 Å². The molecule has 0 aliphatic carbocycles. The predicted molar refractivity (Wildman–Crippen MR) is 63.3 cm³/mol. The molecular formula is C11H13N3OS. The van der Waals surface area contributed by atoms with Crippen LogP contribution in [0.1, 0.15) is 20.4 Å². The van der Waals surface area contributed by atoms with E-state index in [1.807, 2.05) is 13.0 Å². The van der Waals surface area contributed by atoms with Crippen LogP contribution in [0.15, 0.2) is 11.8 Å². The standard InChI is InChI=1S/C11H13N3OS/c1-7-11(16-8(2)13-7)10(15)9(5-12)6-14(3)4/h6H,1-4H3. The number of nitrogens with zero attached hydrogens (tertiary/aromatic N) is 3. The van der Waals surface area contributed by atoms with E-state index in [0.717, 1.165) is 5.01 Å². The third kappa shape index (κ3) is 2.67. The van der Waals surface area contributed by atoms with E-state index in [1.165, 1.54) is 17.5 Å². The van der Waals surface area contributed by atoms with Crippen molar-refractivity contribution in [3.05, 3.63) is 27.4 Å². The number of Topliss-reactive ketones (excluding diaryl/α,β-unsaturated/α-hetero) is 1. The second kappa shape index (κ2) is 4.90. The Hall–Kier alpha value is -1.67. The molecule has 5 heteroatoms. The van der Waals surface area contributed by atoms with Gasteiger partial charge in [-0.25, -0.2) is 4.98 Å². The average Bonchev–Trinajstić information content (AvgIpc) is 2.53. The van der Waals surface area contributed by atoms with Gasteiger partial charge >= 0.3 is 0 Å². The zero-order chi connectivity index (χ0) is 12.3. The summed E-state index contributed by atoms with van der Waals surface area (Å²) in [7, 11) is 3.55.